The topological polar surface area (TPSA) is 27.7 Å². The molecule has 0 N–H and O–H groups in total. The Kier molecular flexibility index (Phi) is 5.17. The summed E-state index contributed by atoms with van der Waals surface area (Å²) in [5.41, 5.74) is 2.38. The summed E-state index contributed by atoms with van der Waals surface area (Å²) in [4.78, 5) is 0. The van der Waals surface area contributed by atoms with E-state index >= 15 is 0 Å². The molecule has 0 saturated carbocycles. The Morgan fingerprint density at radius 3 is 2.60 bits per heavy atom. The van der Waals surface area contributed by atoms with Gasteiger partial charge in [-0.2, -0.15) is 0 Å². The van der Waals surface area contributed by atoms with Crippen LogP contribution in [0.3, 0.4) is 0 Å². The molecule has 1 aliphatic heterocycles. The van der Waals surface area contributed by atoms with Crippen molar-refractivity contribution in [1.82, 2.24) is 0 Å². The number of fused-ring (bicyclic) bond motifs is 1. The predicted octanol–water partition coefficient (Wildman–Crippen LogP) is 4.14. The van der Waals surface area contributed by atoms with Crippen LogP contribution < -0.4 is 9.47 Å². The highest BCUT2D eigenvalue weighted by atomic mass is 35.5. The molecule has 0 aliphatic carbocycles. The number of hydrogen-bond acceptors (Lipinski definition) is 3. The lowest BCUT2D eigenvalue weighted by atomic mass is 9.85. The third-order valence-electron chi connectivity index (χ3n) is 4.20. The Morgan fingerprint density at radius 2 is 2.00 bits per heavy atom. The van der Waals surface area contributed by atoms with Crippen LogP contribution in [-0.4, -0.2) is 26.7 Å². The van der Waals surface area contributed by atoms with E-state index in [0.29, 0.717) is 17.7 Å². The van der Waals surface area contributed by atoms with Crippen molar-refractivity contribution >= 4 is 11.6 Å². The molecule has 0 aromatic heterocycles. The van der Waals surface area contributed by atoms with Crippen LogP contribution in [0.4, 0.5) is 0 Å². The van der Waals surface area contributed by atoms with Crippen LogP contribution in [0.2, 0.25) is 0 Å². The van der Waals surface area contributed by atoms with Crippen molar-refractivity contribution in [1.29, 1.82) is 0 Å². The van der Waals surface area contributed by atoms with Crippen LogP contribution in [-0.2, 0) is 4.74 Å². The summed E-state index contributed by atoms with van der Waals surface area (Å²) in [6, 6.07) is 4.03. The van der Waals surface area contributed by atoms with Gasteiger partial charge in [0.25, 0.3) is 0 Å². The van der Waals surface area contributed by atoms with Crippen LogP contribution in [0.25, 0.3) is 0 Å². The molecule has 4 heteroatoms. The monoisotopic (exact) mass is 298 g/mol. The maximum atomic E-state index is 6.06. The molecule has 0 radical (unpaired) electrons. The summed E-state index contributed by atoms with van der Waals surface area (Å²) < 4.78 is 17.0. The van der Waals surface area contributed by atoms with Gasteiger partial charge < -0.3 is 14.2 Å². The molecule has 0 spiro atoms. The van der Waals surface area contributed by atoms with Crippen LogP contribution in [0.5, 0.6) is 11.5 Å². The van der Waals surface area contributed by atoms with Crippen molar-refractivity contribution in [3.63, 3.8) is 0 Å². The molecule has 3 nitrogen and oxygen atoms in total. The molecule has 1 aliphatic rings. The minimum atomic E-state index is -0.00393. The van der Waals surface area contributed by atoms with Crippen molar-refractivity contribution in [2.24, 2.45) is 5.92 Å². The fourth-order valence-corrected chi connectivity index (χ4v) is 2.96. The van der Waals surface area contributed by atoms with Crippen molar-refractivity contribution in [3.05, 3.63) is 23.3 Å². The van der Waals surface area contributed by atoms with E-state index in [-0.39, 0.29) is 6.10 Å². The van der Waals surface area contributed by atoms with Gasteiger partial charge in [-0.15, -0.1) is 11.6 Å². The lowest BCUT2D eigenvalue weighted by molar-refractivity contribution is 0.0327. The average molecular weight is 299 g/mol. The van der Waals surface area contributed by atoms with Crippen LogP contribution >= 0.6 is 11.6 Å². The van der Waals surface area contributed by atoms with E-state index < -0.39 is 0 Å². The maximum absolute atomic E-state index is 6.06. The lowest BCUT2D eigenvalue weighted by Gasteiger charge is -2.22. The Morgan fingerprint density at radius 1 is 1.25 bits per heavy atom. The summed E-state index contributed by atoms with van der Waals surface area (Å²) in [6.07, 6.45) is 0.784. The molecule has 2 rings (SSSR count). The number of hydrogen-bond donors (Lipinski definition) is 0. The SMILES string of the molecule is COc1cc(OC)c2c(c1)C(C)C(C)COC2CCCl. The van der Waals surface area contributed by atoms with Crippen molar-refractivity contribution in [2.45, 2.75) is 32.3 Å². The molecule has 20 heavy (non-hydrogen) atoms. The molecule has 0 saturated heterocycles. The van der Waals surface area contributed by atoms with Gasteiger partial charge in [0, 0.05) is 17.5 Å². The van der Waals surface area contributed by atoms with Crippen molar-refractivity contribution in [3.8, 4) is 11.5 Å². The first-order valence-corrected chi connectivity index (χ1v) is 7.59. The highest BCUT2D eigenvalue weighted by Gasteiger charge is 2.30. The highest BCUT2D eigenvalue weighted by molar-refractivity contribution is 6.17. The molecular formula is C16H23ClO3. The Balaban J connectivity index is 2.58. The molecule has 0 amide bonds. The molecule has 112 valence electrons. The number of ether oxygens (including phenoxy) is 3. The van der Waals surface area contributed by atoms with Gasteiger partial charge in [0.15, 0.2) is 0 Å². The zero-order valence-corrected chi connectivity index (χ0v) is 13.4. The first-order chi connectivity index (χ1) is 9.62. The minimum Gasteiger partial charge on any atom is -0.497 e. The van der Waals surface area contributed by atoms with Gasteiger partial charge in [-0.25, -0.2) is 0 Å². The van der Waals surface area contributed by atoms with E-state index in [1.54, 1.807) is 14.2 Å². The van der Waals surface area contributed by atoms with E-state index in [1.165, 1.54) is 5.56 Å². The molecule has 1 aromatic carbocycles. The molecule has 0 fully saturated rings. The summed E-state index contributed by atoms with van der Waals surface area (Å²) in [5.74, 6) is 3.07. The highest BCUT2D eigenvalue weighted by Crippen LogP contribution is 2.44. The van der Waals surface area contributed by atoms with Gasteiger partial charge in [0.2, 0.25) is 0 Å². The van der Waals surface area contributed by atoms with Crippen LogP contribution in [0.1, 0.15) is 43.4 Å². The number of alkyl halides is 1. The average Bonchev–Trinajstić information content (AvgIpc) is 2.59. The zero-order chi connectivity index (χ0) is 14.7. The summed E-state index contributed by atoms with van der Waals surface area (Å²) in [6.45, 7) is 5.18. The summed E-state index contributed by atoms with van der Waals surface area (Å²) in [5, 5.41) is 0. The van der Waals surface area contributed by atoms with Gasteiger partial charge in [-0.3, -0.25) is 0 Å². The molecule has 0 bridgehead atoms. The van der Waals surface area contributed by atoms with E-state index in [0.717, 1.165) is 30.1 Å². The number of methoxy groups -OCH3 is 2. The van der Waals surface area contributed by atoms with E-state index in [4.69, 9.17) is 25.8 Å². The number of rotatable bonds is 4. The Hall–Kier alpha value is -0.930. The van der Waals surface area contributed by atoms with Gasteiger partial charge >= 0.3 is 0 Å². The second-order valence-electron chi connectivity index (χ2n) is 5.40. The normalized spacial score (nSPS) is 25.8. The number of benzene rings is 1. The lowest BCUT2D eigenvalue weighted by Crippen LogP contribution is -2.10. The van der Waals surface area contributed by atoms with Gasteiger partial charge in [0.05, 0.1) is 26.9 Å². The molecular weight excluding hydrogens is 276 g/mol. The third kappa shape index (κ3) is 2.89. The summed E-state index contributed by atoms with van der Waals surface area (Å²) >= 11 is 5.94. The third-order valence-corrected chi connectivity index (χ3v) is 4.42. The first-order valence-electron chi connectivity index (χ1n) is 7.05. The van der Waals surface area contributed by atoms with E-state index in [2.05, 4.69) is 19.9 Å². The van der Waals surface area contributed by atoms with Gasteiger partial charge in [-0.1, -0.05) is 13.8 Å². The van der Waals surface area contributed by atoms with Crippen molar-refractivity contribution < 1.29 is 14.2 Å². The summed E-state index contributed by atoms with van der Waals surface area (Å²) in [7, 11) is 3.37. The number of halogens is 1. The predicted molar refractivity (Wildman–Crippen MR) is 81.2 cm³/mol. The van der Waals surface area contributed by atoms with E-state index in [1.807, 2.05) is 6.07 Å². The quantitative estimate of drug-likeness (QED) is 0.782. The second kappa shape index (κ2) is 6.68. The zero-order valence-electron chi connectivity index (χ0n) is 12.6. The fraction of sp³-hybridized carbons (Fsp3) is 0.625. The first kappa shape index (κ1) is 15.5. The fourth-order valence-electron chi connectivity index (χ4n) is 2.76. The van der Waals surface area contributed by atoms with E-state index in [9.17, 15) is 0 Å². The Labute approximate surface area is 126 Å². The largest absolute Gasteiger partial charge is 0.497 e. The second-order valence-corrected chi connectivity index (χ2v) is 5.78. The molecule has 3 unspecified atom stereocenters. The van der Waals surface area contributed by atoms with Gasteiger partial charge in [-0.05, 0) is 29.9 Å². The molecule has 1 heterocycles. The maximum Gasteiger partial charge on any atom is 0.128 e. The molecule has 3 atom stereocenters. The molecule has 1 aromatic rings. The van der Waals surface area contributed by atoms with Crippen molar-refractivity contribution in [2.75, 3.05) is 26.7 Å². The Bertz CT molecular complexity index is 461. The smallest absolute Gasteiger partial charge is 0.128 e. The van der Waals surface area contributed by atoms with Crippen LogP contribution in [0.15, 0.2) is 12.1 Å². The van der Waals surface area contributed by atoms with Crippen LogP contribution in [0, 0.1) is 5.92 Å². The minimum absolute atomic E-state index is 0.00393. The standard InChI is InChI=1S/C16H23ClO3/c1-10-9-20-14(5-6-17)16-13(11(10)2)7-12(18-3)8-15(16)19-4/h7-8,10-11,14H,5-6,9H2,1-4H3. The van der Waals surface area contributed by atoms with Gasteiger partial charge in [0.1, 0.15) is 11.5 Å².